The summed E-state index contributed by atoms with van der Waals surface area (Å²) in [5, 5.41) is 15.4. The fraction of sp³-hybridized carbons (Fsp3) is 0.250. The average Bonchev–Trinajstić information content (AvgIpc) is 2.95. The minimum atomic E-state index is -0.424. The molecular weight excluding hydrogens is 312 g/mol. The average molecular weight is 328 g/mol. The first-order valence-corrected chi connectivity index (χ1v) is 8.07. The number of carbonyl (C=O) groups is 1. The molecule has 1 N–H and O–H groups in total. The molecule has 7 heteroatoms. The van der Waals surface area contributed by atoms with Gasteiger partial charge in [0.25, 0.3) is 5.91 Å². The molecule has 0 unspecified atom stereocenters. The third-order valence-electron chi connectivity index (χ3n) is 3.40. The number of hydrazone groups is 1. The van der Waals surface area contributed by atoms with Gasteiger partial charge in [-0.3, -0.25) is 10.2 Å². The zero-order valence-electron chi connectivity index (χ0n) is 12.9. The van der Waals surface area contributed by atoms with Gasteiger partial charge in [-0.2, -0.15) is 15.1 Å². The van der Waals surface area contributed by atoms with Crippen molar-refractivity contribution in [2.45, 2.75) is 19.8 Å². The maximum absolute atomic E-state index is 12.3. The number of amides is 1. The van der Waals surface area contributed by atoms with Crippen molar-refractivity contribution in [1.29, 1.82) is 5.41 Å². The van der Waals surface area contributed by atoms with E-state index in [0.29, 0.717) is 10.9 Å². The summed E-state index contributed by atoms with van der Waals surface area (Å²) in [7, 11) is 1.57. The fourth-order valence-corrected chi connectivity index (χ4v) is 3.27. The van der Waals surface area contributed by atoms with Crippen LogP contribution in [0.15, 0.2) is 39.9 Å². The van der Waals surface area contributed by atoms with Crippen molar-refractivity contribution >= 4 is 39.8 Å². The molecule has 2 aliphatic rings. The minimum absolute atomic E-state index is 0.0458. The van der Waals surface area contributed by atoms with E-state index in [1.54, 1.807) is 19.3 Å². The molecule has 0 spiro atoms. The Labute approximate surface area is 138 Å². The number of para-hydroxylation sites is 1. The number of hydrogen-bond acceptors (Lipinski definition) is 5. The zero-order chi connectivity index (χ0) is 16.4. The van der Waals surface area contributed by atoms with Crippen LogP contribution in [0.25, 0.3) is 6.08 Å². The number of benzene rings is 1. The Morgan fingerprint density at radius 2 is 2.17 bits per heavy atom. The van der Waals surface area contributed by atoms with Crippen LogP contribution in [0.3, 0.4) is 0 Å². The molecule has 0 fully saturated rings. The van der Waals surface area contributed by atoms with Crippen molar-refractivity contribution in [3.63, 3.8) is 0 Å². The standard InChI is InChI=1S/C16H16N4O2S/c1-3-6-13-19-20-14(17)11(15(21)18-16(20)23-13)9-10-7-4-5-8-12(10)22-2/h4-5,7-9,17H,3,6H2,1-2H3/b11-9+,17-14?. The van der Waals surface area contributed by atoms with Crippen LogP contribution in [-0.2, 0) is 4.79 Å². The van der Waals surface area contributed by atoms with E-state index < -0.39 is 5.91 Å². The van der Waals surface area contributed by atoms with Crippen molar-refractivity contribution < 1.29 is 9.53 Å². The van der Waals surface area contributed by atoms with Crippen LogP contribution in [0.4, 0.5) is 0 Å². The van der Waals surface area contributed by atoms with Crippen LogP contribution in [0.5, 0.6) is 5.75 Å². The Hall–Kier alpha value is -2.41. The Kier molecular flexibility index (Phi) is 4.29. The van der Waals surface area contributed by atoms with Gasteiger partial charge in [-0.05, 0) is 36.7 Å². The van der Waals surface area contributed by atoms with Gasteiger partial charge in [0.2, 0.25) is 5.17 Å². The molecule has 3 rings (SSSR count). The van der Waals surface area contributed by atoms with Crippen LogP contribution in [0.2, 0.25) is 0 Å². The van der Waals surface area contributed by atoms with E-state index in [1.165, 1.54) is 16.8 Å². The maximum Gasteiger partial charge on any atom is 0.283 e. The molecule has 0 radical (unpaired) electrons. The molecule has 0 atom stereocenters. The molecule has 0 aromatic heterocycles. The van der Waals surface area contributed by atoms with E-state index >= 15 is 0 Å². The summed E-state index contributed by atoms with van der Waals surface area (Å²) < 4.78 is 5.29. The number of aliphatic imine (C=N–C) groups is 1. The van der Waals surface area contributed by atoms with Gasteiger partial charge >= 0.3 is 0 Å². The Balaban J connectivity index is 1.98. The Bertz CT molecular complexity index is 767. The molecule has 1 aromatic rings. The second-order valence-electron chi connectivity index (χ2n) is 5.01. The molecular formula is C16H16N4O2S. The normalized spacial score (nSPS) is 18.9. The van der Waals surface area contributed by atoms with Crippen molar-refractivity contribution in [2.75, 3.05) is 7.11 Å². The van der Waals surface area contributed by atoms with Gasteiger partial charge in [0, 0.05) is 5.56 Å². The highest BCUT2D eigenvalue weighted by Gasteiger charge is 2.35. The SMILES string of the molecule is CCCC1=NN2C(=N)/C(=C\c3ccccc3OC)C(=O)N=C2S1. The van der Waals surface area contributed by atoms with E-state index in [4.69, 9.17) is 10.1 Å². The fourth-order valence-electron chi connectivity index (χ4n) is 2.29. The van der Waals surface area contributed by atoms with Crippen LogP contribution in [0.1, 0.15) is 25.3 Å². The lowest BCUT2D eigenvalue weighted by molar-refractivity contribution is -0.114. The van der Waals surface area contributed by atoms with Crippen molar-refractivity contribution in [2.24, 2.45) is 10.1 Å². The van der Waals surface area contributed by atoms with Crippen LogP contribution in [-0.4, -0.2) is 34.1 Å². The number of nitrogens with zero attached hydrogens (tertiary/aromatic N) is 3. The monoisotopic (exact) mass is 328 g/mol. The lowest BCUT2D eigenvalue weighted by Crippen LogP contribution is -2.35. The number of nitrogens with one attached hydrogen (secondary N) is 1. The second-order valence-corrected chi connectivity index (χ2v) is 6.05. The zero-order valence-corrected chi connectivity index (χ0v) is 13.7. The van der Waals surface area contributed by atoms with Gasteiger partial charge in [0.05, 0.1) is 12.7 Å². The summed E-state index contributed by atoms with van der Waals surface area (Å²) in [5.74, 6) is 0.262. The third kappa shape index (κ3) is 2.92. The second kappa shape index (κ2) is 6.37. The molecule has 2 aliphatic heterocycles. The van der Waals surface area contributed by atoms with E-state index in [-0.39, 0.29) is 11.4 Å². The number of rotatable bonds is 4. The third-order valence-corrected chi connectivity index (χ3v) is 4.37. The van der Waals surface area contributed by atoms with Gasteiger partial charge in [0.15, 0.2) is 5.84 Å². The van der Waals surface area contributed by atoms with Crippen LogP contribution in [0, 0.1) is 5.41 Å². The number of amidine groups is 2. The van der Waals surface area contributed by atoms with E-state index in [2.05, 4.69) is 17.0 Å². The lowest BCUT2D eigenvalue weighted by atomic mass is 10.1. The van der Waals surface area contributed by atoms with Gasteiger partial charge < -0.3 is 4.74 Å². The molecule has 1 amide bonds. The number of ether oxygens (including phenoxy) is 1. The summed E-state index contributed by atoms with van der Waals surface area (Å²) >= 11 is 1.36. The first-order valence-electron chi connectivity index (χ1n) is 7.26. The maximum atomic E-state index is 12.3. The minimum Gasteiger partial charge on any atom is -0.496 e. The summed E-state index contributed by atoms with van der Waals surface area (Å²) in [4.78, 5) is 16.3. The smallest absolute Gasteiger partial charge is 0.283 e. The summed E-state index contributed by atoms with van der Waals surface area (Å²) in [6.07, 6.45) is 3.40. The molecule has 0 aliphatic carbocycles. The summed E-state index contributed by atoms with van der Waals surface area (Å²) in [6, 6.07) is 7.34. The number of fused-ring (bicyclic) bond motifs is 1. The van der Waals surface area contributed by atoms with E-state index in [1.807, 2.05) is 18.2 Å². The molecule has 1 aromatic carbocycles. The van der Waals surface area contributed by atoms with Crippen molar-refractivity contribution in [3.05, 3.63) is 35.4 Å². The van der Waals surface area contributed by atoms with Gasteiger partial charge in [-0.25, -0.2) is 0 Å². The van der Waals surface area contributed by atoms with Gasteiger partial charge in [0.1, 0.15) is 10.8 Å². The molecule has 0 bridgehead atoms. The topological polar surface area (TPSA) is 78.1 Å². The Morgan fingerprint density at radius 1 is 1.39 bits per heavy atom. The van der Waals surface area contributed by atoms with Crippen molar-refractivity contribution in [1.82, 2.24) is 5.01 Å². The van der Waals surface area contributed by atoms with Crippen LogP contribution >= 0.6 is 11.8 Å². The van der Waals surface area contributed by atoms with Gasteiger partial charge in [-0.15, -0.1) is 0 Å². The number of carbonyl (C=O) groups excluding carboxylic acids is 1. The highest BCUT2D eigenvalue weighted by Crippen LogP contribution is 2.30. The quantitative estimate of drug-likeness (QED) is 0.861. The predicted molar refractivity (Wildman–Crippen MR) is 92.9 cm³/mol. The molecule has 6 nitrogen and oxygen atoms in total. The van der Waals surface area contributed by atoms with Crippen molar-refractivity contribution in [3.8, 4) is 5.75 Å². The Morgan fingerprint density at radius 3 is 2.91 bits per heavy atom. The molecule has 23 heavy (non-hydrogen) atoms. The highest BCUT2D eigenvalue weighted by atomic mass is 32.2. The first kappa shape index (κ1) is 15.5. The largest absolute Gasteiger partial charge is 0.496 e. The molecule has 0 saturated carbocycles. The number of hydrogen-bond donors (Lipinski definition) is 1. The summed E-state index contributed by atoms with van der Waals surface area (Å²) in [5.41, 5.74) is 0.937. The molecule has 0 saturated heterocycles. The highest BCUT2D eigenvalue weighted by molar-refractivity contribution is 8.26. The van der Waals surface area contributed by atoms with E-state index in [0.717, 1.165) is 23.4 Å². The number of thioether (sulfide) groups is 1. The molecule has 118 valence electrons. The number of methoxy groups -OCH3 is 1. The first-order chi connectivity index (χ1) is 11.1. The summed E-state index contributed by atoms with van der Waals surface area (Å²) in [6.45, 7) is 2.06. The predicted octanol–water partition coefficient (Wildman–Crippen LogP) is 3.11. The van der Waals surface area contributed by atoms with Gasteiger partial charge in [-0.1, -0.05) is 25.1 Å². The molecule has 2 heterocycles. The van der Waals surface area contributed by atoms with Crippen LogP contribution < -0.4 is 4.74 Å². The lowest BCUT2D eigenvalue weighted by Gasteiger charge is -2.20. The van der Waals surface area contributed by atoms with E-state index in [9.17, 15) is 4.79 Å².